The molecule has 0 heterocycles. The van der Waals surface area contributed by atoms with Crippen molar-refractivity contribution in [2.75, 3.05) is 25.0 Å². The van der Waals surface area contributed by atoms with E-state index in [-0.39, 0.29) is 5.75 Å². The maximum Gasteiger partial charge on any atom is 0.169 e. The summed E-state index contributed by atoms with van der Waals surface area (Å²) in [5.74, 6) is 0.948. The minimum Gasteiger partial charge on any atom is -0.490 e. The number of nitrogens with one attached hydrogen (secondary N) is 1. The average Bonchev–Trinajstić information content (AvgIpc) is 2.65. The Morgan fingerprint density at radius 2 is 1.81 bits per heavy atom. The zero-order valence-corrected chi connectivity index (χ0v) is 15.7. The first-order valence-electron chi connectivity index (χ1n) is 9.35. The third kappa shape index (κ3) is 5.92. The molecular weight excluding hydrogens is 331 g/mol. The van der Waals surface area contributed by atoms with Gasteiger partial charge in [-0.2, -0.15) is 0 Å². The van der Waals surface area contributed by atoms with Crippen LogP contribution in [0.1, 0.15) is 38.7 Å². The Morgan fingerprint density at radius 3 is 2.50 bits per heavy atom. The van der Waals surface area contributed by atoms with Crippen LogP contribution < -0.4 is 20.5 Å². The van der Waals surface area contributed by atoms with Crippen molar-refractivity contribution in [2.45, 2.75) is 39.5 Å². The zero-order valence-electron chi connectivity index (χ0n) is 15.7. The van der Waals surface area contributed by atoms with Crippen LogP contribution in [0.25, 0.3) is 0 Å². The summed E-state index contributed by atoms with van der Waals surface area (Å²) < 4.78 is 26.1. The molecule has 0 radical (unpaired) electrons. The Hall–Kier alpha value is -2.27. The van der Waals surface area contributed by atoms with E-state index in [0.717, 1.165) is 31.2 Å². The molecule has 0 saturated carbocycles. The second-order valence-corrected chi connectivity index (χ2v) is 6.15. The molecular formula is C21H29FN2O2. The fourth-order valence-electron chi connectivity index (χ4n) is 2.44. The minimum absolute atomic E-state index is 0.180. The molecule has 0 unspecified atom stereocenters. The van der Waals surface area contributed by atoms with Crippen molar-refractivity contribution in [3.05, 3.63) is 47.8 Å². The second kappa shape index (κ2) is 10.7. The highest BCUT2D eigenvalue weighted by Crippen LogP contribution is 2.34. The molecule has 0 aliphatic rings. The van der Waals surface area contributed by atoms with Crippen LogP contribution in [-0.2, 0) is 6.42 Å². The highest BCUT2D eigenvalue weighted by molar-refractivity contribution is 5.50. The van der Waals surface area contributed by atoms with Crippen molar-refractivity contribution in [3.63, 3.8) is 0 Å². The van der Waals surface area contributed by atoms with Crippen LogP contribution in [0.4, 0.5) is 10.1 Å². The Bertz CT molecular complexity index is 692. The molecule has 2 aromatic carbocycles. The second-order valence-electron chi connectivity index (χ2n) is 6.15. The van der Waals surface area contributed by atoms with E-state index in [9.17, 15) is 4.39 Å². The molecule has 142 valence electrons. The van der Waals surface area contributed by atoms with Crippen LogP contribution >= 0.6 is 0 Å². The molecule has 0 aliphatic carbocycles. The fourth-order valence-corrected chi connectivity index (χ4v) is 2.44. The number of ether oxygens (including phenoxy) is 2. The van der Waals surface area contributed by atoms with Gasteiger partial charge in [-0.3, -0.25) is 0 Å². The molecule has 4 nitrogen and oxygen atoms in total. The van der Waals surface area contributed by atoms with Crippen LogP contribution in [0, 0.1) is 5.82 Å². The lowest BCUT2D eigenvalue weighted by Gasteiger charge is -2.15. The molecule has 5 heteroatoms. The van der Waals surface area contributed by atoms with Gasteiger partial charge in [0.25, 0.3) is 0 Å². The van der Waals surface area contributed by atoms with Gasteiger partial charge in [0.15, 0.2) is 23.1 Å². The number of halogens is 1. The zero-order chi connectivity index (χ0) is 18.8. The van der Waals surface area contributed by atoms with Gasteiger partial charge in [0.2, 0.25) is 0 Å². The number of hydrogen-bond donors (Lipinski definition) is 2. The van der Waals surface area contributed by atoms with Crippen LogP contribution in [0.15, 0.2) is 36.4 Å². The Labute approximate surface area is 155 Å². The Morgan fingerprint density at radius 1 is 1.00 bits per heavy atom. The summed E-state index contributed by atoms with van der Waals surface area (Å²) in [7, 11) is 0. The lowest BCUT2D eigenvalue weighted by atomic mass is 10.1. The normalized spacial score (nSPS) is 10.6. The standard InChI is InChI=1S/C21H29FN2O2/c1-3-5-13-25-21-14-16(4-2)7-9-20(21)26-19-10-8-17(15-18(19)22)24-12-6-11-23/h7-10,14-15,24H,3-6,11-13,23H2,1-2H3. The number of rotatable bonds is 11. The van der Waals surface area contributed by atoms with Crippen LogP contribution in [0.5, 0.6) is 17.2 Å². The molecule has 0 bridgehead atoms. The Balaban J connectivity index is 2.13. The lowest BCUT2D eigenvalue weighted by molar-refractivity contribution is 0.293. The smallest absolute Gasteiger partial charge is 0.169 e. The molecule has 0 aromatic heterocycles. The maximum atomic E-state index is 14.4. The SMILES string of the molecule is CCCCOc1cc(CC)ccc1Oc1ccc(NCCCN)cc1F. The monoisotopic (exact) mass is 360 g/mol. The largest absolute Gasteiger partial charge is 0.490 e. The molecule has 0 atom stereocenters. The number of nitrogens with two attached hydrogens (primary N) is 1. The molecule has 0 aliphatic heterocycles. The van der Waals surface area contributed by atoms with E-state index < -0.39 is 5.82 Å². The van der Waals surface area contributed by atoms with Gasteiger partial charge in [-0.15, -0.1) is 0 Å². The number of benzene rings is 2. The first-order valence-corrected chi connectivity index (χ1v) is 9.35. The molecule has 2 aromatic rings. The summed E-state index contributed by atoms with van der Waals surface area (Å²) in [6, 6.07) is 10.6. The van der Waals surface area contributed by atoms with Crippen LogP contribution in [0.3, 0.4) is 0 Å². The predicted molar refractivity (Wildman–Crippen MR) is 105 cm³/mol. The molecule has 0 fully saturated rings. The number of anilines is 1. The quantitative estimate of drug-likeness (QED) is 0.546. The highest BCUT2D eigenvalue weighted by atomic mass is 19.1. The third-order valence-electron chi connectivity index (χ3n) is 4.03. The van der Waals surface area contributed by atoms with Gasteiger partial charge in [-0.1, -0.05) is 26.3 Å². The average molecular weight is 360 g/mol. The van der Waals surface area contributed by atoms with Gasteiger partial charge in [0, 0.05) is 18.3 Å². The van der Waals surface area contributed by atoms with Crippen LogP contribution in [-0.4, -0.2) is 19.7 Å². The van der Waals surface area contributed by atoms with Crippen molar-refractivity contribution < 1.29 is 13.9 Å². The van der Waals surface area contributed by atoms with E-state index in [1.165, 1.54) is 6.07 Å². The first kappa shape index (κ1) is 20.0. The van der Waals surface area contributed by atoms with E-state index in [2.05, 4.69) is 19.2 Å². The van der Waals surface area contributed by atoms with Crippen molar-refractivity contribution in [1.29, 1.82) is 0 Å². The summed E-state index contributed by atoms with van der Waals surface area (Å²) in [5.41, 5.74) is 7.33. The van der Waals surface area contributed by atoms with Crippen molar-refractivity contribution >= 4 is 5.69 Å². The van der Waals surface area contributed by atoms with Crippen molar-refractivity contribution in [1.82, 2.24) is 0 Å². The first-order chi connectivity index (χ1) is 12.7. The summed E-state index contributed by atoms with van der Waals surface area (Å²) in [6.45, 7) is 6.13. The van der Waals surface area contributed by atoms with Crippen molar-refractivity contribution in [3.8, 4) is 17.2 Å². The molecule has 0 spiro atoms. The van der Waals surface area contributed by atoms with E-state index in [1.54, 1.807) is 12.1 Å². The third-order valence-corrected chi connectivity index (χ3v) is 4.03. The summed E-state index contributed by atoms with van der Waals surface area (Å²) >= 11 is 0. The van der Waals surface area contributed by atoms with Gasteiger partial charge in [-0.05, 0) is 55.6 Å². The molecule has 26 heavy (non-hydrogen) atoms. The van der Waals surface area contributed by atoms with E-state index in [1.807, 2.05) is 18.2 Å². The summed E-state index contributed by atoms with van der Waals surface area (Å²) in [6.07, 6.45) is 3.76. The summed E-state index contributed by atoms with van der Waals surface area (Å²) in [4.78, 5) is 0. The highest BCUT2D eigenvalue weighted by Gasteiger charge is 2.11. The van der Waals surface area contributed by atoms with Gasteiger partial charge in [0.05, 0.1) is 6.61 Å². The Kier molecular flexibility index (Phi) is 8.22. The number of hydrogen-bond acceptors (Lipinski definition) is 4. The molecule has 3 N–H and O–H groups in total. The number of aryl methyl sites for hydroxylation is 1. The van der Waals surface area contributed by atoms with E-state index >= 15 is 0 Å². The summed E-state index contributed by atoms with van der Waals surface area (Å²) in [5, 5.41) is 3.14. The minimum atomic E-state index is -0.415. The van der Waals surface area contributed by atoms with Gasteiger partial charge in [-0.25, -0.2) is 4.39 Å². The van der Waals surface area contributed by atoms with Gasteiger partial charge in [0.1, 0.15) is 0 Å². The molecule has 2 rings (SSSR count). The predicted octanol–water partition coefficient (Wildman–Crippen LogP) is 5.12. The van der Waals surface area contributed by atoms with Crippen LogP contribution in [0.2, 0.25) is 0 Å². The molecule has 0 saturated heterocycles. The van der Waals surface area contributed by atoms with Crippen molar-refractivity contribution in [2.24, 2.45) is 5.73 Å². The van der Waals surface area contributed by atoms with E-state index in [0.29, 0.717) is 36.9 Å². The van der Waals surface area contributed by atoms with E-state index in [4.69, 9.17) is 15.2 Å². The van der Waals surface area contributed by atoms with Gasteiger partial charge < -0.3 is 20.5 Å². The number of unbranched alkanes of at least 4 members (excludes halogenated alkanes) is 1. The maximum absolute atomic E-state index is 14.4. The fraction of sp³-hybridized carbons (Fsp3) is 0.429. The topological polar surface area (TPSA) is 56.5 Å². The molecule has 0 amide bonds. The lowest BCUT2D eigenvalue weighted by Crippen LogP contribution is -2.08. The van der Waals surface area contributed by atoms with Gasteiger partial charge >= 0.3 is 0 Å².